The van der Waals surface area contributed by atoms with Crippen molar-refractivity contribution in [2.24, 2.45) is 12.5 Å². The van der Waals surface area contributed by atoms with Gasteiger partial charge in [-0.1, -0.05) is 12.1 Å². The molecule has 2 heterocycles. The van der Waals surface area contributed by atoms with E-state index in [1.54, 1.807) is 34.6 Å². The third-order valence-electron chi connectivity index (χ3n) is 5.54. The van der Waals surface area contributed by atoms with Gasteiger partial charge in [0.2, 0.25) is 18.4 Å². The number of esters is 1. The molecule has 0 saturated carbocycles. The van der Waals surface area contributed by atoms with E-state index in [0.29, 0.717) is 5.56 Å². The van der Waals surface area contributed by atoms with Gasteiger partial charge in [-0.05, 0) is 52.3 Å². The summed E-state index contributed by atoms with van der Waals surface area (Å²) >= 11 is 0. The van der Waals surface area contributed by atoms with Crippen LogP contribution in [0.15, 0.2) is 33.5 Å². The number of benzene rings is 1. The molecule has 0 fully saturated rings. The predicted octanol–water partition coefficient (Wildman–Crippen LogP) is 2.13. The molecule has 0 spiro atoms. The second-order valence-electron chi connectivity index (χ2n) is 10.4. The van der Waals surface area contributed by atoms with Gasteiger partial charge in [0, 0.05) is 20.5 Å². The Morgan fingerprint density at radius 1 is 1.05 bits per heavy atom. The van der Waals surface area contributed by atoms with Crippen LogP contribution in [0, 0.1) is 18.2 Å². The van der Waals surface area contributed by atoms with Crippen LogP contribution in [0.3, 0.4) is 0 Å². The maximum absolute atomic E-state index is 13.4. The molecular weight excluding hydrogens is 527 g/mol. The molecule has 14 heteroatoms. The van der Waals surface area contributed by atoms with E-state index in [1.165, 1.54) is 38.2 Å². The monoisotopic (exact) mass is 558 g/mol. The van der Waals surface area contributed by atoms with Crippen molar-refractivity contribution in [1.29, 1.82) is 0 Å². The standard InChI is InChI=1S/C26H31FN6O7/c1-14-31-32-21(40-14)20(35)30-26(5,6)23-29-17(19(34)28-12-15-8-10-16(27)11-9-15)18(22(36)33(23)7)38-13-39-24(37)25(2,3)4/h8-11H,12-13H2,1-7H3,(H,28,34)(H,30,35). The van der Waals surface area contributed by atoms with Gasteiger partial charge in [-0.2, -0.15) is 0 Å². The Morgan fingerprint density at radius 2 is 1.70 bits per heavy atom. The minimum Gasteiger partial charge on any atom is -0.449 e. The van der Waals surface area contributed by atoms with Gasteiger partial charge in [0.25, 0.3) is 11.5 Å². The highest BCUT2D eigenvalue weighted by Gasteiger charge is 2.33. The van der Waals surface area contributed by atoms with Gasteiger partial charge in [0.1, 0.15) is 11.6 Å². The first kappa shape index (κ1) is 29.9. The Hall–Kier alpha value is -4.62. The average molecular weight is 559 g/mol. The van der Waals surface area contributed by atoms with Crippen molar-refractivity contribution >= 4 is 17.8 Å². The summed E-state index contributed by atoms with van der Waals surface area (Å²) in [5.41, 5.74) is -2.76. The van der Waals surface area contributed by atoms with Crippen LogP contribution in [0.25, 0.3) is 0 Å². The minimum absolute atomic E-state index is 0.00643. The van der Waals surface area contributed by atoms with Crippen LogP contribution < -0.4 is 20.9 Å². The second-order valence-corrected chi connectivity index (χ2v) is 10.4. The van der Waals surface area contributed by atoms with Crippen LogP contribution in [-0.4, -0.2) is 44.3 Å². The van der Waals surface area contributed by atoms with Crippen LogP contribution in [0.2, 0.25) is 0 Å². The molecule has 3 aromatic rings. The van der Waals surface area contributed by atoms with E-state index in [9.17, 15) is 23.6 Å². The van der Waals surface area contributed by atoms with Crippen molar-refractivity contribution in [2.45, 2.75) is 53.6 Å². The van der Waals surface area contributed by atoms with Gasteiger partial charge in [0.05, 0.1) is 11.0 Å². The molecule has 0 atom stereocenters. The first-order valence-corrected chi connectivity index (χ1v) is 12.2. The lowest BCUT2D eigenvalue weighted by atomic mass is 9.98. The number of hydrogen-bond acceptors (Lipinski definition) is 10. The second kappa shape index (κ2) is 11.6. The summed E-state index contributed by atoms with van der Waals surface area (Å²) in [5, 5.41) is 12.6. The Bertz CT molecular complexity index is 1470. The number of halogens is 1. The number of carbonyl (C=O) groups excluding carboxylic acids is 3. The van der Waals surface area contributed by atoms with Crippen molar-refractivity contribution in [3.05, 3.63) is 69.3 Å². The van der Waals surface area contributed by atoms with Crippen molar-refractivity contribution in [3.63, 3.8) is 0 Å². The third kappa shape index (κ3) is 7.07. The Labute approximate surface area is 229 Å². The zero-order chi connectivity index (χ0) is 29.8. The highest BCUT2D eigenvalue weighted by molar-refractivity contribution is 5.95. The summed E-state index contributed by atoms with van der Waals surface area (Å²) in [5.74, 6) is -3.14. The molecule has 0 aliphatic rings. The first-order chi connectivity index (χ1) is 18.6. The minimum atomic E-state index is -1.32. The number of nitrogens with one attached hydrogen (secondary N) is 2. The summed E-state index contributed by atoms with van der Waals surface area (Å²) in [6, 6.07) is 5.45. The van der Waals surface area contributed by atoms with Gasteiger partial charge in [-0.25, -0.2) is 9.37 Å². The molecule has 13 nitrogen and oxygen atoms in total. The van der Waals surface area contributed by atoms with Crippen LogP contribution in [0.4, 0.5) is 4.39 Å². The predicted molar refractivity (Wildman–Crippen MR) is 138 cm³/mol. The molecule has 40 heavy (non-hydrogen) atoms. The summed E-state index contributed by atoms with van der Waals surface area (Å²) < 4.78 is 30.1. The molecule has 0 unspecified atom stereocenters. The number of ether oxygens (including phenoxy) is 2. The number of nitrogens with zero attached hydrogens (tertiary/aromatic N) is 4. The number of aromatic nitrogens is 4. The number of hydrogen-bond donors (Lipinski definition) is 2. The average Bonchev–Trinajstić information content (AvgIpc) is 3.31. The quantitative estimate of drug-likeness (QED) is 0.293. The maximum Gasteiger partial charge on any atom is 0.314 e. The van der Waals surface area contributed by atoms with Crippen molar-refractivity contribution < 1.29 is 32.7 Å². The molecule has 0 radical (unpaired) electrons. The fourth-order valence-electron chi connectivity index (χ4n) is 3.43. The summed E-state index contributed by atoms with van der Waals surface area (Å²) in [6.07, 6.45) is 0. The molecule has 2 amide bonds. The third-order valence-corrected chi connectivity index (χ3v) is 5.54. The topological polar surface area (TPSA) is 168 Å². The van der Waals surface area contributed by atoms with Crippen molar-refractivity contribution in [2.75, 3.05) is 6.79 Å². The summed E-state index contributed by atoms with van der Waals surface area (Å²) in [7, 11) is 1.38. The van der Waals surface area contributed by atoms with E-state index in [4.69, 9.17) is 13.9 Å². The van der Waals surface area contributed by atoms with Gasteiger partial charge in [-0.3, -0.25) is 23.7 Å². The molecule has 214 valence electrons. The Balaban J connectivity index is 1.96. The lowest BCUT2D eigenvalue weighted by Gasteiger charge is -2.27. The SMILES string of the molecule is Cc1nnc(C(=O)NC(C)(C)c2nc(C(=O)NCc3ccc(F)cc3)c(OCOC(=O)C(C)(C)C)c(=O)n2C)o1. The van der Waals surface area contributed by atoms with Gasteiger partial charge in [0.15, 0.2) is 5.69 Å². The van der Waals surface area contributed by atoms with E-state index in [1.807, 2.05) is 0 Å². The molecule has 0 saturated heterocycles. The van der Waals surface area contributed by atoms with Crippen LogP contribution in [0.1, 0.15) is 73.1 Å². The molecule has 2 aromatic heterocycles. The zero-order valence-corrected chi connectivity index (χ0v) is 23.2. The van der Waals surface area contributed by atoms with Gasteiger partial charge < -0.3 is 24.5 Å². The fraction of sp³-hybridized carbons (Fsp3) is 0.423. The maximum atomic E-state index is 13.4. The first-order valence-electron chi connectivity index (χ1n) is 12.2. The fourth-order valence-corrected chi connectivity index (χ4v) is 3.43. The Kier molecular flexibility index (Phi) is 8.71. The van der Waals surface area contributed by atoms with Crippen LogP contribution in [-0.2, 0) is 28.7 Å². The van der Waals surface area contributed by atoms with E-state index in [0.717, 1.165) is 4.57 Å². The zero-order valence-electron chi connectivity index (χ0n) is 23.2. The van der Waals surface area contributed by atoms with Gasteiger partial charge in [-0.15, -0.1) is 10.2 Å². The lowest BCUT2D eigenvalue weighted by Crippen LogP contribution is -2.46. The number of rotatable bonds is 9. The van der Waals surface area contributed by atoms with Gasteiger partial charge >= 0.3 is 17.8 Å². The van der Waals surface area contributed by atoms with E-state index >= 15 is 0 Å². The summed E-state index contributed by atoms with van der Waals surface area (Å²) in [6.45, 7) is 8.90. The molecule has 0 aliphatic heterocycles. The lowest BCUT2D eigenvalue weighted by molar-refractivity contribution is -0.159. The number of carbonyl (C=O) groups is 3. The molecule has 1 aromatic carbocycles. The highest BCUT2D eigenvalue weighted by Crippen LogP contribution is 2.22. The molecule has 0 bridgehead atoms. The highest BCUT2D eigenvalue weighted by atomic mass is 19.1. The molecule has 0 aliphatic carbocycles. The van der Waals surface area contributed by atoms with Crippen LogP contribution >= 0.6 is 0 Å². The Morgan fingerprint density at radius 3 is 2.27 bits per heavy atom. The van der Waals surface area contributed by atoms with E-state index in [-0.39, 0.29) is 24.2 Å². The van der Waals surface area contributed by atoms with Crippen molar-refractivity contribution in [3.8, 4) is 5.75 Å². The van der Waals surface area contributed by atoms with Crippen molar-refractivity contribution in [1.82, 2.24) is 30.4 Å². The van der Waals surface area contributed by atoms with E-state index in [2.05, 4.69) is 25.8 Å². The molecular formula is C26H31FN6O7. The molecule has 3 rings (SSSR count). The summed E-state index contributed by atoms with van der Waals surface area (Å²) in [4.78, 5) is 55.9. The molecule has 2 N–H and O–H groups in total. The smallest absolute Gasteiger partial charge is 0.314 e. The van der Waals surface area contributed by atoms with Crippen LogP contribution in [0.5, 0.6) is 5.75 Å². The largest absolute Gasteiger partial charge is 0.449 e. The normalized spacial score (nSPS) is 11.6. The number of amides is 2. The van der Waals surface area contributed by atoms with E-state index < -0.39 is 58.4 Å². The number of aryl methyl sites for hydroxylation is 1.